The van der Waals surface area contributed by atoms with E-state index in [1.54, 1.807) is 18.2 Å². The Morgan fingerprint density at radius 1 is 1.24 bits per heavy atom. The van der Waals surface area contributed by atoms with E-state index in [4.69, 9.17) is 27.9 Å². The van der Waals surface area contributed by atoms with E-state index in [0.29, 0.717) is 35.2 Å². The summed E-state index contributed by atoms with van der Waals surface area (Å²) < 4.78 is 5.62. The molecule has 0 spiro atoms. The maximum Gasteiger partial charge on any atom is 0.220 e. The molecule has 0 atom stereocenters. The van der Waals surface area contributed by atoms with Crippen molar-refractivity contribution in [1.29, 1.82) is 0 Å². The monoisotopic (exact) mass is 387 g/mol. The van der Waals surface area contributed by atoms with Gasteiger partial charge in [-0.05, 0) is 52.3 Å². The molecule has 1 fully saturated rings. The van der Waals surface area contributed by atoms with E-state index in [1.165, 1.54) is 0 Å². The highest BCUT2D eigenvalue weighted by Gasteiger charge is 2.41. The van der Waals surface area contributed by atoms with Crippen molar-refractivity contribution in [3.8, 4) is 5.75 Å². The molecule has 0 saturated carbocycles. The predicted octanol–water partition coefficient (Wildman–Crippen LogP) is 3.55. The zero-order valence-corrected chi connectivity index (χ0v) is 17.0. The van der Waals surface area contributed by atoms with Crippen molar-refractivity contribution in [2.24, 2.45) is 0 Å². The Morgan fingerprint density at radius 3 is 2.48 bits per heavy atom. The lowest BCUT2D eigenvalue weighted by Crippen LogP contribution is -3.06. The fourth-order valence-electron chi connectivity index (χ4n) is 3.93. The molecule has 0 bridgehead atoms. The zero-order valence-electron chi connectivity index (χ0n) is 15.5. The summed E-state index contributed by atoms with van der Waals surface area (Å²) in [6, 6.07) is 5.36. The molecule has 1 aliphatic heterocycles. The van der Waals surface area contributed by atoms with Crippen molar-refractivity contribution >= 4 is 29.1 Å². The highest BCUT2D eigenvalue weighted by Crippen LogP contribution is 2.27. The Balaban J connectivity index is 1.73. The fourth-order valence-corrected chi connectivity index (χ4v) is 4.39. The number of piperidine rings is 1. The molecule has 1 aromatic carbocycles. The van der Waals surface area contributed by atoms with Crippen LogP contribution in [-0.2, 0) is 4.79 Å². The Bertz CT molecular complexity index is 601. The van der Waals surface area contributed by atoms with E-state index >= 15 is 0 Å². The van der Waals surface area contributed by atoms with Gasteiger partial charge in [-0.1, -0.05) is 23.2 Å². The van der Waals surface area contributed by atoms with Gasteiger partial charge in [0.1, 0.15) is 5.75 Å². The molecule has 1 amide bonds. The van der Waals surface area contributed by atoms with Crippen LogP contribution >= 0.6 is 23.2 Å². The van der Waals surface area contributed by atoms with Crippen LogP contribution in [0.4, 0.5) is 0 Å². The summed E-state index contributed by atoms with van der Waals surface area (Å²) in [5.41, 5.74) is 0.294. The molecule has 1 aromatic rings. The van der Waals surface area contributed by atoms with Crippen LogP contribution < -0.4 is 15.4 Å². The van der Waals surface area contributed by atoms with E-state index in [9.17, 15) is 4.79 Å². The SMILES string of the molecule is CC1(C)CC(NC(=O)CCCOc2ccc(Cl)cc2Cl)CC(C)(C)[NH2+]1. The molecule has 0 radical (unpaired) electrons. The summed E-state index contributed by atoms with van der Waals surface area (Å²) in [4.78, 5) is 12.2. The largest absolute Gasteiger partial charge is 0.492 e. The van der Waals surface area contributed by atoms with Crippen LogP contribution in [0.15, 0.2) is 18.2 Å². The normalized spacial score (nSPS) is 19.4. The minimum Gasteiger partial charge on any atom is -0.492 e. The van der Waals surface area contributed by atoms with E-state index in [2.05, 4.69) is 38.3 Å². The summed E-state index contributed by atoms with van der Waals surface area (Å²) in [6.45, 7) is 9.38. The van der Waals surface area contributed by atoms with Gasteiger partial charge >= 0.3 is 0 Å². The van der Waals surface area contributed by atoms with Gasteiger partial charge in [0.15, 0.2) is 0 Å². The minimum absolute atomic E-state index is 0.0873. The lowest BCUT2D eigenvalue weighted by Gasteiger charge is -2.43. The number of quaternary nitrogens is 1. The summed E-state index contributed by atoms with van der Waals surface area (Å²) in [7, 11) is 0. The lowest BCUT2D eigenvalue weighted by molar-refractivity contribution is -0.787. The number of ether oxygens (including phenoxy) is 1. The average molecular weight is 388 g/mol. The topological polar surface area (TPSA) is 54.9 Å². The molecular formula is C19H29Cl2N2O2+. The van der Waals surface area contributed by atoms with Crippen LogP contribution in [0, 0.1) is 0 Å². The molecule has 1 heterocycles. The molecular weight excluding hydrogens is 359 g/mol. The zero-order chi connectivity index (χ0) is 18.7. The van der Waals surface area contributed by atoms with E-state index in [1.807, 2.05) is 0 Å². The Labute approximate surface area is 160 Å². The van der Waals surface area contributed by atoms with Crippen LogP contribution in [0.3, 0.4) is 0 Å². The number of nitrogens with one attached hydrogen (secondary N) is 1. The molecule has 25 heavy (non-hydrogen) atoms. The van der Waals surface area contributed by atoms with Gasteiger partial charge in [-0.3, -0.25) is 4.79 Å². The van der Waals surface area contributed by atoms with E-state index in [-0.39, 0.29) is 23.0 Å². The first-order valence-corrected chi connectivity index (χ1v) is 9.56. The van der Waals surface area contributed by atoms with E-state index < -0.39 is 0 Å². The quantitative estimate of drug-likeness (QED) is 0.733. The summed E-state index contributed by atoms with van der Waals surface area (Å²) >= 11 is 11.9. The Morgan fingerprint density at radius 2 is 1.88 bits per heavy atom. The van der Waals surface area contributed by atoms with Crippen LogP contribution in [0.25, 0.3) is 0 Å². The third kappa shape index (κ3) is 6.69. The van der Waals surface area contributed by atoms with Gasteiger partial charge in [0, 0.05) is 30.3 Å². The molecule has 3 N–H and O–H groups in total. The number of hydrogen-bond acceptors (Lipinski definition) is 2. The highest BCUT2D eigenvalue weighted by molar-refractivity contribution is 6.35. The smallest absolute Gasteiger partial charge is 0.220 e. The summed E-state index contributed by atoms with van der Waals surface area (Å²) in [5, 5.41) is 6.66. The maximum absolute atomic E-state index is 12.2. The standard InChI is InChI=1S/C19H28Cl2N2O2/c1-18(2)11-14(12-19(3,4)23-18)22-17(24)6-5-9-25-16-8-7-13(20)10-15(16)21/h7-8,10,14,23H,5-6,9,11-12H2,1-4H3,(H,22,24)/p+1. The lowest BCUT2D eigenvalue weighted by atomic mass is 9.79. The molecule has 140 valence electrons. The number of hydrogen-bond donors (Lipinski definition) is 2. The van der Waals surface area contributed by atoms with Gasteiger partial charge in [0.05, 0.1) is 22.7 Å². The van der Waals surface area contributed by atoms with Crippen molar-refractivity contribution in [1.82, 2.24) is 5.32 Å². The van der Waals surface area contributed by atoms with Crippen molar-refractivity contribution in [3.63, 3.8) is 0 Å². The second-order valence-corrected chi connectivity index (χ2v) is 9.16. The molecule has 0 aliphatic carbocycles. The second kappa shape index (κ2) is 8.15. The first-order valence-electron chi connectivity index (χ1n) is 8.81. The first kappa shape index (κ1) is 20.3. The molecule has 4 nitrogen and oxygen atoms in total. The van der Waals surface area contributed by atoms with Crippen molar-refractivity contribution in [2.75, 3.05) is 6.61 Å². The van der Waals surface area contributed by atoms with Crippen molar-refractivity contribution in [3.05, 3.63) is 28.2 Å². The van der Waals surface area contributed by atoms with Gasteiger partial charge in [-0.25, -0.2) is 0 Å². The number of nitrogens with two attached hydrogens (primary N) is 1. The molecule has 1 aliphatic rings. The number of amides is 1. The third-order valence-electron chi connectivity index (χ3n) is 4.39. The first-order chi connectivity index (χ1) is 11.6. The van der Waals surface area contributed by atoms with Crippen molar-refractivity contribution < 1.29 is 14.8 Å². The van der Waals surface area contributed by atoms with Crippen LogP contribution in [0.1, 0.15) is 53.4 Å². The van der Waals surface area contributed by atoms with Gasteiger partial charge < -0.3 is 15.4 Å². The molecule has 0 aromatic heterocycles. The van der Waals surface area contributed by atoms with E-state index in [0.717, 1.165) is 12.8 Å². The Hall–Kier alpha value is -0.970. The second-order valence-electron chi connectivity index (χ2n) is 8.32. The Kier molecular flexibility index (Phi) is 6.63. The van der Waals surface area contributed by atoms with Crippen LogP contribution in [0.2, 0.25) is 10.0 Å². The minimum atomic E-state index is 0.0873. The maximum atomic E-state index is 12.2. The fraction of sp³-hybridized carbons (Fsp3) is 0.632. The van der Waals surface area contributed by atoms with Gasteiger partial charge in [-0.15, -0.1) is 0 Å². The van der Waals surface area contributed by atoms with Crippen LogP contribution in [-0.4, -0.2) is 29.6 Å². The summed E-state index contributed by atoms with van der Waals surface area (Å²) in [6.07, 6.45) is 3.07. The van der Waals surface area contributed by atoms with Crippen molar-refractivity contribution in [2.45, 2.75) is 70.5 Å². The van der Waals surface area contributed by atoms with Gasteiger partial charge in [0.25, 0.3) is 0 Å². The molecule has 2 rings (SSSR count). The predicted molar refractivity (Wildman–Crippen MR) is 102 cm³/mol. The molecule has 0 unspecified atom stereocenters. The van der Waals surface area contributed by atoms with Gasteiger partial charge in [-0.2, -0.15) is 0 Å². The summed E-state index contributed by atoms with van der Waals surface area (Å²) in [5.74, 6) is 0.682. The number of carbonyl (C=O) groups is 1. The third-order valence-corrected chi connectivity index (χ3v) is 4.92. The number of rotatable bonds is 6. The highest BCUT2D eigenvalue weighted by atomic mass is 35.5. The van der Waals surface area contributed by atoms with Gasteiger partial charge in [0.2, 0.25) is 5.91 Å². The number of carbonyl (C=O) groups excluding carboxylic acids is 1. The number of benzene rings is 1. The average Bonchev–Trinajstić information content (AvgIpc) is 2.41. The molecule has 1 saturated heterocycles. The molecule has 6 heteroatoms. The van der Waals surface area contributed by atoms with Crippen LogP contribution in [0.5, 0.6) is 5.75 Å². The number of halogens is 2.